The number of phenolic OH excluding ortho intramolecular Hbond substituents is 1. The van der Waals surface area contributed by atoms with Gasteiger partial charge in [0.25, 0.3) is 0 Å². The summed E-state index contributed by atoms with van der Waals surface area (Å²) in [4.78, 5) is 8.13. The third kappa shape index (κ3) is 2.60. The smallest absolute Gasteiger partial charge is 0.166 e. The summed E-state index contributed by atoms with van der Waals surface area (Å²) < 4.78 is 5.02. The highest BCUT2D eigenvalue weighted by molar-refractivity contribution is 5.86. The van der Waals surface area contributed by atoms with Crippen LogP contribution >= 0.6 is 0 Å². The Morgan fingerprint density at radius 2 is 2.00 bits per heavy atom. The molecule has 17 heavy (non-hydrogen) atoms. The molecular weight excluding hydrogens is 216 g/mol. The van der Waals surface area contributed by atoms with Crippen molar-refractivity contribution in [3.63, 3.8) is 0 Å². The van der Waals surface area contributed by atoms with Gasteiger partial charge < -0.3 is 9.84 Å². The van der Waals surface area contributed by atoms with Crippen LogP contribution in [0.5, 0.6) is 11.5 Å². The Morgan fingerprint density at radius 1 is 1.24 bits per heavy atom. The Balaban J connectivity index is 2.28. The van der Waals surface area contributed by atoms with Gasteiger partial charge in [0, 0.05) is 24.2 Å². The van der Waals surface area contributed by atoms with Crippen molar-refractivity contribution in [3.05, 3.63) is 48.3 Å². The molecule has 1 heterocycles. The van der Waals surface area contributed by atoms with Crippen LogP contribution in [-0.4, -0.2) is 23.4 Å². The molecule has 2 aromatic rings. The van der Waals surface area contributed by atoms with Gasteiger partial charge >= 0.3 is 0 Å². The van der Waals surface area contributed by atoms with Crippen molar-refractivity contribution >= 4 is 11.9 Å². The summed E-state index contributed by atoms with van der Waals surface area (Å²) in [6.07, 6.45) is 4.92. The Hall–Kier alpha value is -2.36. The normalized spacial score (nSPS) is 10.6. The molecule has 0 bridgehead atoms. The number of ether oxygens (including phenoxy) is 1. The second-order valence-electron chi connectivity index (χ2n) is 3.36. The lowest BCUT2D eigenvalue weighted by Gasteiger charge is -2.04. The molecule has 0 fully saturated rings. The molecule has 0 atom stereocenters. The second kappa shape index (κ2) is 5.12. The van der Waals surface area contributed by atoms with Gasteiger partial charge in [0.15, 0.2) is 11.5 Å². The van der Waals surface area contributed by atoms with E-state index in [-0.39, 0.29) is 5.75 Å². The van der Waals surface area contributed by atoms with E-state index >= 15 is 0 Å². The van der Waals surface area contributed by atoms with E-state index in [2.05, 4.69) is 9.98 Å². The van der Waals surface area contributed by atoms with Gasteiger partial charge in [-0.3, -0.25) is 9.98 Å². The van der Waals surface area contributed by atoms with Crippen LogP contribution in [0.15, 0.2) is 47.7 Å². The van der Waals surface area contributed by atoms with Gasteiger partial charge in [-0.25, -0.2) is 0 Å². The summed E-state index contributed by atoms with van der Waals surface area (Å²) in [6, 6.07) is 8.83. The number of hydrogen-bond acceptors (Lipinski definition) is 4. The number of pyridine rings is 1. The minimum Gasteiger partial charge on any atom is -0.504 e. The van der Waals surface area contributed by atoms with E-state index in [0.29, 0.717) is 11.3 Å². The van der Waals surface area contributed by atoms with Crippen LogP contribution in [0.1, 0.15) is 5.56 Å². The zero-order valence-electron chi connectivity index (χ0n) is 9.37. The first-order valence-corrected chi connectivity index (χ1v) is 5.11. The molecule has 1 aromatic carbocycles. The fraction of sp³-hybridized carbons (Fsp3) is 0.0769. The van der Waals surface area contributed by atoms with E-state index in [1.165, 1.54) is 7.11 Å². The number of phenols is 1. The molecule has 0 saturated carbocycles. The van der Waals surface area contributed by atoms with Crippen molar-refractivity contribution in [3.8, 4) is 11.5 Å². The monoisotopic (exact) mass is 228 g/mol. The van der Waals surface area contributed by atoms with E-state index in [1.54, 1.807) is 48.9 Å². The number of aromatic hydroxyl groups is 1. The standard InChI is InChI=1S/C13H12N2O2/c1-17-12-4-2-3-10(13(12)16)9-15-11-5-7-14-8-6-11/h2-9,16H,1H3. The maximum atomic E-state index is 9.84. The number of aromatic nitrogens is 1. The Kier molecular flexibility index (Phi) is 3.35. The molecule has 1 N–H and O–H groups in total. The van der Waals surface area contributed by atoms with Gasteiger partial charge in [0.1, 0.15) is 0 Å². The van der Waals surface area contributed by atoms with Crippen LogP contribution in [0.2, 0.25) is 0 Å². The Labute approximate surface area is 99.2 Å². The predicted octanol–water partition coefficient (Wildman–Crippen LogP) is 2.55. The number of para-hydroxylation sites is 1. The van der Waals surface area contributed by atoms with Crippen LogP contribution in [-0.2, 0) is 0 Å². The maximum absolute atomic E-state index is 9.84. The number of hydrogen-bond donors (Lipinski definition) is 1. The number of nitrogens with zero attached hydrogens (tertiary/aromatic N) is 2. The van der Waals surface area contributed by atoms with Crippen molar-refractivity contribution < 1.29 is 9.84 Å². The number of aliphatic imine (C=N–C) groups is 1. The molecule has 86 valence electrons. The molecule has 4 heteroatoms. The zero-order chi connectivity index (χ0) is 12.1. The molecule has 0 radical (unpaired) electrons. The fourth-order valence-electron chi connectivity index (χ4n) is 1.38. The molecule has 2 rings (SSSR count). The molecule has 0 aliphatic carbocycles. The average molecular weight is 228 g/mol. The highest BCUT2D eigenvalue weighted by Gasteiger charge is 2.04. The van der Waals surface area contributed by atoms with Crippen LogP contribution in [0, 0.1) is 0 Å². The third-order valence-electron chi connectivity index (χ3n) is 2.27. The highest BCUT2D eigenvalue weighted by atomic mass is 16.5. The third-order valence-corrected chi connectivity index (χ3v) is 2.27. The summed E-state index contributed by atoms with van der Waals surface area (Å²) in [5.41, 5.74) is 1.39. The quantitative estimate of drug-likeness (QED) is 0.821. The van der Waals surface area contributed by atoms with E-state index in [9.17, 15) is 5.11 Å². The molecule has 1 aromatic heterocycles. The number of methoxy groups -OCH3 is 1. The molecule has 4 nitrogen and oxygen atoms in total. The lowest BCUT2D eigenvalue weighted by molar-refractivity contribution is 0.373. The van der Waals surface area contributed by atoms with E-state index in [1.807, 2.05) is 0 Å². The number of benzene rings is 1. The summed E-state index contributed by atoms with van der Waals surface area (Å²) in [5.74, 6) is 0.525. The van der Waals surface area contributed by atoms with Gasteiger partial charge in [0.2, 0.25) is 0 Å². The van der Waals surface area contributed by atoms with Crippen molar-refractivity contribution in [2.75, 3.05) is 7.11 Å². The largest absolute Gasteiger partial charge is 0.504 e. The molecule has 0 saturated heterocycles. The van der Waals surface area contributed by atoms with E-state index in [4.69, 9.17) is 4.74 Å². The molecule has 0 amide bonds. The minimum absolute atomic E-state index is 0.0906. The van der Waals surface area contributed by atoms with Gasteiger partial charge in [-0.05, 0) is 24.3 Å². The zero-order valence-corrected chi connectivity index (χ0v) is 9.37. The molecule has 0 unspecified atom stereocenters. The first-order chi connectivity index (χ1) is 8.31. The topological polar surface area (TPSA) is 54.7 Å². The SMILES string of the molecule is COc1cccc(C=Nc2ccncc2)c1O. The van der Waals surface area contributed by atoms with Gasteiger partial charge in [-0.15, -0.1) is 0 Å². The molecule has 0 aliphatic heterocycles. The van der Waals surface area contributed by atoms with Gasteiger partial charge in [-0.2, -0.15) is 0 Å². The number of rotatable bonds is 3. The summed E-state index contributed by atoms with van der Waals surface area (Å²) >= 11 is 0. The highest BCUT2D eigenvalue weighted by Crippen LogP contribution is 2.28. The van der Waals surface area contributed by atoms with Gasteiger partial charge in [0.05, 0.1) is 12.8 Å². The van der Waals surface area contributed by atoms with E-state index < -0.39 is 0 Å². The first kappa shape index (κ1) is 11.1. The van der Waals surface area contributed by atoms with Crippen molar-refractivity contribution in [2.45, 2.75) is 0 Å². The summed E-state index contributed by atoms with van der Waals surface area (Å²) in [5, 5.41) is 9.84. The summed E-state index contributed by atoms with van der Waals surface area (Å²) in [7, 11) is 1.51. The predicted molar refractivity (Wildman–Crippen MR) is 66.1 cm³/mol. The average Bonchev–Trinajstić information content (AvgIpc) is 2.39. The van der Waals surface area contributed by atoms with Crippen LogP contribution in [0.25, 0.3) is 0 Å². The van der Waals surface area contributed by atoms with Crippen LogP contribution < -0.4 is 4.74 Å². The maximum Gasteiger partial charge on any atom is 0.166 e. The summed E-state index contributed by atoms with van der Waals surface area (Å²) in [6.45, 7) is 0. The van der Waals surface area contributed by atoms with Crippen molar-refractivity contribution in [1.29, 1.82) is 0 Å². The van der Waals surface area contributed by atoms with Crippen LogP contribution in [0.3, 0.4) is 0 Å². The molecular formula is C13H12N2O2. The van der Waals surface area contributed by atoms with E-state index in [0.717, 1.165) is 5.69 Å². The van der Waals surface area contributed by atoms with Crippen molar-refractivity contribution in [1.82, 2.24) is 4.98 Å². The molecule has 0 spiro atoms. The first-order valence-electron chi connectivity index (χ1n) is 5.11. The van der Waals surface area contributed by atoms with Crippen LogP contribution in [0.4, 0.5) is 5.69 Å². The Bertz CT molecular complexity index is 524. The molecule has 0 aliphatic rings. The Morgan fingerprint density at radius 3 is 2.71 bits per heavy atom. The minimum atomic E-state index is 0.0906. The fourth-order valence-corrected chi connectivity index (χ4v) is 1.38. The lowest BCUT2D eigenvalue weighted by Crippen LogP contribution is -1.88. The second-order valence-corrected chi connectivity index (χ2v) is 3.36. The van der Waals surface area contributed by atoms with Gasteiger partial charge in [-0.1, -0.05) is 6.07 Å². The lowest BCUT2D eigenvalue weighted by atomic mass is 10.2. The van der Waals surface area contributed by atoms with Crippen molar-refractivity contribution in [2.24, 2.45) is 4.99 Å².